The van der Waals surface area contributed by atoms with Crippen LogP contribution in [0.4, 0.5) is 11.4 Å². The summed E-state index contributed by atoms with van der Waals surface area (Å²) in [6.45, 7) is 0. The lowest BCUT2D eigenvalue weighted by atomic mass is 10.00. The number of benzene rings is 3. The van der Waals surface area contributed by atoms with Gasteiger partial charge in [-0.15, -0.1) is 0 Å². The molecule has 1 saturated heterocycles. The summed E-state index contributed by atoms with van der Waals surface area (Å²) >= 11 is 0. The van der Waals surface area contributed by atoms with Gasteiger partial charge in [0.25, 0.3) is 0 Å². The third-order valence-corrected chi connectivity index (χ3v) is 9.16. The second-order valence-corrected chi connectivity index (χ2v) is 12.7. The van der Waals surface area contributed by atoms with Gasteiger partial charge in [0.1, 0.15) is 11.2 Å². The fourth-order valence-corrected chi connectivity index (χ4v) is 6.75. The number of carbonyl (C=O) groups is 1. The summed E-state index contributed by atoms with van der Waals surface area (Å²) in [5.41, 5.74) is 8.04. The zero-order chi connectivity index (χ0) is 26.8. The van der Waals surface area contributed by atoms with Crippen molar-refractivity contribution in [2.24, 2.45) is 16.8 Å². The molecule has 37 heavy (non-hydrogen) atoms. The van der Waals surface area contributed by atoms with Gasteiger partial charge in [-0.25, -0.2) is 22.0 Å². The molecule has 2 unspecified atom stereocenters. The number of hydrogen-bond acceptors (Lipinski definition) is 7. The number of nitrogens with two attached hydrogens (primary N) is 2. The molecule has 0 spiro atoms. The summed E-state index contributed by atoms with van der Waals surface area (Å²) in [5, 5.41) is 17.7. The summed E-state index contributed by atoms with van der Waals surface area (Å²) in [6, 6.07) is 19.6. The lowest BCUT2D eigenvalue weighted by Crippen LogP contribution is -2.42. The molecule has 194 valence electrons. The van der Waals surface area contributed by atoms with E-state index in [4.69, 9.17) is 16.3 Å². The molecule has 3 aromatic carbocycles. The number of carbonyl (C=O) groups excluding carboxylic acids is 1. The number of rotatable bonds is 7. The first-order valence-electron chi connectivity index (χ1n) is 11.4. The zero-order valence-corrected chi connectivity index (χ0v) is 21.3. The van der Waals surface area contributed by atoms with E-state index in [1.54, 1.807) is 66.7 Å². The Morgan fingerprint density at radius 2 is 1.68 bits per heavy atom. The van der Waals surface area contributed by atoms with Gasteiger partial charge in [-0.2, -0.15) is 0 Å². The topological polar surface area (TPSA) is 185 Å². The van der Waals surface area contributed by atoms with Crippen molar-refractivity contribution in [3.05, 3.63) is 78.4 Å². The quantitative estimate of drug-likeness (QED) is 0.224. The molecule has 12 heteroatoms. The number of nitrogens with one attached hydrogen (secondary N) is 3. The van der Waals surface area contributed by atoms with E-state index >= 15 is 0 Å². The molecular formula is C25H27N5O5S2. The van der Waals surface area contributed by atoms with Crippen molar-refractivity contribution in [2.45, 2.75) is 23.1 Å². The van der Waals surface area contributed by atoms with Crippen LogP contribution in [0.5, 0.6) is 0 Å². The van der Waals surface area contributed by atoms with Crippen LogP contribution in [0.1, 0.15) is 18.4 Å². The predicted molar refractivity (Wildman–Crippen MR) is 143 cm³/mol. The molecular weight excluding hydrogens is 514 g/mol. The summed E-state index contributed by atoms with van der Waals surface area (Å²) in [5.74, 6) is -1.12. The standard InChI is InChI=1S/C25H27N5O5S2/c26-24(27)17-4-3-5-20(14-17)29-23-15-18(12-13-36(23,32)33)25(31)30-19-10-8-16(9-11-19)21-6-1-2-7-22(21)37(28,34)35/h1-11,14,18,23,29H,12-13,15H2,(H3,26,27)(H,30,31)(H2,28,34,35). The van der Waals surface area contributed by atoms with Crippen molar-refractivity contribution in [3.8, 4) is 11.1 Å². The van der Waals surface area contributed by atoms with Crippen LogP contribution in [-0.4, -0.2) is 39.7 Å². The van der Waals surface area contributed by atoms with Crippen LogP contribution in [0.3, 0.4) is 0 Å². The SMILES string of the molecule is N=C(N)c1cccc(NC2CC(C(=O)Nc3ccc(-c4ccccc4S(N)(=O)=O)cc3)CCS2(=O)=O)c1. The van der Waals surface area contributed by atoms with Crippen LogP contribution in [0.15, 0.2) is 77.7 Å². The summed E-state index contributed by atoms with van der Waals surface area (Å²) in [6.07, 6.45) is 0.276. The molecule has 1 fully saturated rings. The number of sulfone groups is 1. The molecule has 7 N–H and O–H groups in total. The third-order valence-electron chi connectivity index (χ3n) is 6.21. The monoisotopic (exact) mass is 541 g/mol. The van der Waals surface area contributed by atoms with Gasteiger partial charge in [0.05, 0.1) is 10.6 Å². The van der Waals surface area contributed by atoms with Gasteiger partial charge in [0.2, 0.25) is 15.9 Å². The van der Waals surface area contributed by atoms with Gasteiger partial charge in [-0.05, 0) is 48.7 Å². The smallest absolute Gasteiger partial charge is 0.238 e. The summed E-state index contributed by atoms with van der Waals surface area (Å²) in [7, 11) is -7.39. The molecule has 0 saturated carbocycles. The van der Waals surface area contributed by atoms with E-state index in [1.165, 1.54) is 6.07 Å². The fraction of sp³-hybridized carbons (Fsp3) is 0.200. The maximum absolute atomic E-state index is 13.0. The maximum Gasteiger partial charge on any atom is 0.238 e. The Morgan fingerprint density at radius 1 is 0.973 bits per heavy atom. The molecule has 0 bridgehead atoms. The largest absolute Gasteiger partial charge is 0.384 e. The molecule has 4 rings (SSSR count). The molecule has 10 nitrogen and oxygen atoms in total. The van der Waals surface area contributed by atoms with Crippen LogP contribution < -0.4 is 21.5 Å². The van der Waals surface area contributed by atoms with Gasteiger partial charge in [0, 0.05) is 28.4 Å². The minimum Gasteiger partial charge on any atom is -0.384 e. The number of anilines is 2. The predicted octanol–water partition coefficient (Wildman–Crippen LogP) is 2.49. The van der Waals surface area contributed by atoms with E-state index in [1.807, 2.05) is 0 Å². The zero-order valence-electron chi connectivity index (χ0n) is 19.7. The Morgan fingerprint density at radius 3 is 2.35 bits per heavy atom. The number of amidine groups is 1. The second-order valence-electron chi connectivity index (χ2n) is 8.82. The van der Waals surface area contributed by atoms with E-state index in [-0.39, 0.29) is 35.2 Å². The van der Waals surface area contributed by atoms with Crippen LogP contribution in [0, 0.1) is 11.3 Å². The van der Waals surface area contributed by atoms with E-state index < -0.39 is 31.2 Å². The Bertz CT molecular complexity index is 1550. The van der Waals surface area contributed by atoms with Crippen LogP contribution >= 0.6 is 0 Å². The normalized spacial score (nSPS) is 19.1. The van der Waals surface area contributed by atoms with Gasteiger partial charge >= 0.3 is 0 Å². The summed E-state index contributed by atoms with van der Waals surface area (Å²) in [4.78, 5) is 13.0. The molecule has 3 aromatic rings. The van der Waals surface area contributed by atoms with Crippen LogP contribution in [0.2, 0.25) is 0 Å². The molecule has 1 amide bonds. The first-order chi connectivity index (χ1) is 17.4. The first-order valence-corrected chi connectivity index (χ1v) is 14.7. The molecule has 1 aliphatic heterocycles. The van der Waals surface area contributed by atoms with E-state index in [2.05, 4.69) is 10.6 Å². The van der Waals surface area contributed by atoms with Gasteiger partial charge in [-0.3, -0.25) is 10.2 Å². The van der Waals surface area contributed by atoms with E-state index in [0.717, 1.165) is 0 Å². The average molecular weight is 542 g/mol. The van der Waals surface area contributed by atoms with Crippen molar-refractivity contribution in [3.63, 3.8) is 0 Å². The Labute approximate surface area is 215 Å². The Balaban J connectivity index is 1.46. The second kappa shape index (κ2) is 10.3. The van der Waals surface area contributed by atoms with E-state index in [0.29, 0.717) is 28.1 Å². The molecule has 0 aromatic heterocycles. The maximum atomic E-state index is 13.0. The van der Waals surface area contributed by atoms with Crippen LogP contribution in [-0.2, 0) is 24.7 Å². The number of primary sulfonamides is 1. The number of amides is 1. The van der Waals surface area contributed by atoms with Crippen molar-refractivity contribution in [2.75, 3.05) is 16.4 Å². The van der Waals surface area contributed by atoms with Crippen molar-refractivity contribution in [1.82, 2.24) is 0 Å². The minimum absolute atomic E-state index is 0.00239. The highest BCUT2D eigenvalue weighted by atomic mass is 32.2. The van der Waals surface area contributed by atoms with Crippen LogP contribution in [0.25, 0.3) is 11.1 Å². The highest BCUT2D eigenvalue weighted by Crippen LogP contribution is 2.30. The molecule has 1 aliphatic rings. The minimum atomic E-state index is -3.91. The lowest BCUT2D eigenvalue weighted by Gasteiger charge is -2.29. The number of sulfonamides is 1. The molecule has 1 heterocycles. The highest BCUT2D eigenvalue weighted by molar-refractivity contribution is 7.92. The Kier molecular flexibility index (Phi) is 7.35. The van der Waals surface area contributed by atoms with Gasteiger partial charge in [0.15, 0.2) is 9.84 Å². The third kappa shape index (κ3) is 6.16. The Hall–Kier alpha value is -3.74. The molecule has 2 atom stereocenters. The van der Waals surface area contributed by atoms with Gasteiger partial charge in [-0.1, -0.05) is 42.5 Å². The fourth-order valence-electron chi connectivity index (χ4n) is 4.25. The van der Waals surface area contributed by atoms with Crippen molar-refractivity contribution in [1.29, 1.82) is 5.41 Å². The molecule has 0 aliphatic carbocycles. The van der Waals surface area contributed by atoms with Crippen molar-refractivity contribution >= 4 is 43.0 Å². The highest BCUT2D eigenvalue weighted by Gasteiger charge is 2.37. The first kappa shape index (κ1) is 26.3. The van der Waals surface area contributed by atoms with Crippen molar-refractivity contribution < 1.29 is 21.6 Å². The number of hydrogen-bond donors (Lipinski definition) is 5. The van der Waals surface area contributed by atoms with E-state index in [9.17, 15) is 21.6 Å². The van der Waals surface area contributed by atoms with Gasteiger partial charge < -0.3 is 16.4 Å². The summed E-state index contributed by atoms with van der Waals surface area (Å²) < 4.78 is 49.2. The number of nitrogen functional groups attached to an aromatic ring is 1. The molecule has 0 radical (unpaired) electrons. The lowest BCUT2D eigenvalue weighted by molar-refractivity contribution is -0.120. The average Bonchev–Trinajstić information content (AvgIpc) is 2.85.